The molecule has 0 saturated carbocycles. The van der Waals surface area contributed by atoms with Crippen molar-refractivity contribution in [1.82, 2.24) is 10.2 Å². The predicted octanol–water partition coefficient (Wildman–Crippen LogP) is 1.37. The highest BCUT2D eigenvalue weighted by atomic mass is 16.4. The highest BCUT2D eigenvalue weighted by molar-refractivity contribution is 5.65. The Morgan fingerprint density at radius 3 is 2.64 bits per heavy atom. The van der Waals surface area contributed by atoms with Crippen LogP contribution in [0.1, 0.15) is 27.2 Å². The van der Waals surface area contributed by atoms with Crippen molar-refractivity contribution in [2.45, 2.75) is 33.2 Å². The Morgan fingerprint density at radius 2 is 2.14 bits per heavy atom. The van der Waals surface area contributed by atoms with Gasteiger partial charge in [0, 0.05) is 13.1 Å². The third-order valence-electron chi connectivity index (χ3n) is 2.71. The molecule has 0 aromatic carbocycles. The number of rotatable bonds is 0. The van der Waals surface area contributed by atoms with Gasteiger partial charge in [0.15, 0.2) is 0 Å². The molecule has 1 aliphatic heterocycles. The summed E-state index contributed by atoms with van der Waals surface area (Å²) in [5.41, 5.74) is -0.00424. The lowest BCUT2D eigenvalue weighted by Crippen LogP contribution is -2.50. The van der Waals surface area contributed by atoms with E-state index in [1.807, 2.05) is 0 Å². The average Bonchev–Trinajstić information content (AvgIpc) is 2.26. The number of hydrogen-bond acceptors (Lipinski definition) is 2. The van der Waals surface area contributed by atoms with Crippen LogP contribution in [0, 0.1) is 5.41 Å². The minimum absolute atomic E-state index is 0.00424. The van der Waals surface area contributed by atoms with Gasteiger partial charge in [-0.05, 0) is 18.4 Å². The Hall–Kier alpha value is -0.770. The van der Waals surface area contributed by atoms with Crippen LogP contribution >= 0.6 is 0 Å². The first kappa shape index (κ1) is 11.3. The molecular weight excluding hydrogens is 180 g/mol. The van der Waals surface area contributed by atoms with Crippen molar-refractivity contribution in [1.29, 1.82) is 0 Å². The average molecular weight is 200 g/mol. The van der Waals surface area contributed by atoms with Crippen LogP contribution in [0.5, 0.6) is 0 Å². The van der Waals surface area contributed by atoms with Gasteiger partial charge in [-0.25, -0.2) is 4.79 Å². The molecule has 1 atom stereocenters. The fourth-order valence-electron chi connectivity index (χ4n) is 1.88. The fourth-order valence-corrected chi connectivity index (χ4v) is 1.88. The molecule has 14 heavy (non-hydrogen) atoms. The van der Waals surface area contributed by atoms with Gasteiger partial charge in [0.2, 0.25) is 0 Å². The van der Waals surface area contributed by atoms with Crippen molar-refractivity contribution in [3.05, 3.63) is 0 Å². The van der Waals surface area contributed by atoms with E-state index in [1.165, 1.54) is 0 Å². The van der Waals surface area contributed by atoms with Crippen LogP contribution < -0.4 is 5.32 Å². The van der Waals surface area contributed by atoms with E-state index in [2.05, 4.69) is 26.1 Å². The number of nitrogens with zero attached hydrogens (tertiary/aromatic N) is 1. The van der Waals surface area contributed by atoms with Gasteiger partial charge in [-0.2, -0.15) is 0 Å². The number of amides is 1. The van der Waals surface area contributed by atoms with Crippen molar-refractivity contribution in [3.8, 4) is 0 Å². The van der Waals surface area contributed by atoms with Crippen LogP contribution in [0.15, 0.2) is 0 Å². The van der Waals surface area contributed by atoms with Gasteiger partial charge in [0.1, 0.15) is 0 Å². The molecule has 1 amide bonds. The second-order valence-corrected chi connectivity index (χ2v) is 4.92. The quantitative estimate of drug-likeness (QED) is 0.621. The lowest BCUT2D eigenvalue weighted by Gasteiger charge is -2.37. The summed E-state index contributed by atoms with van der Waals surface area (Å²) in [6.07, 6.45) is 0.104. The molecule has 0 bridgehead atoms. The lowest BCUT2D eigenvalue weighted by molar-refractivity contribution is 0.0887. The van der Waals surface area contributed by atoms with E-state index in [0.29, 0.717) is 6.54 Å². The van der Waals surface area contributed by atoms with E-state index in [4.69, 9.17) is 5.11 Å². The van der Waals surface area contributed by atoms with E-state index in [-0.39, 0.29) is 11.5 Å². The van der Waals surface area contributed by atoms with Crippen LogP contribution in [0.2, 0.25) is 0 Å². The first-order valence-corrected chi connectivity index (χ1v) is 5.13. The normalized spacial score (nSPS) is 24.5. The van der Waals surface area contributed by atoms with E-state index >= 15 is 0 Å². The SMILES string of the molecule is CC(C)(C)C1CNCCCN1C(=O)O. The Kier molecular flexibility index (Phi) is 3.37. The summed E-state index contributed by atoms with van der Waals surface area (Å²) in [5, 5.41) is 12.4. The zero-order valence-corrected chi connectivity index (χ0v) is 9.21. The molecule has 0 aliphatic carbocycles. The molecule has 1 aliphatic rings. The third-order valence-corrected chi connectivity index (χ3v) is 2.71. The Balaban J connectivity index is 2.79. The van der Waals surface area contributed by atoms with Crippen LogP contribution in [-0.2, 0) is 0 Å². The van der Waals surface area contributed by atoms with Gasteiger partial charge in [-0.1, -0.05) is 20.8 Å². The Bertz CT molecular complexity index is 211. The van der Waals surface area contributed by atoms with E-state index in [1.54, 1.807) is 4.90 Å². The smallest absolute Gasteiger partial charge is 0.407 e. The Labute approximate surface area is 85.3 Å². The van der Waals surface area contributed by atoms with E-state index in [9.17, 15) is 4.79 Å². The fraction of sp³-hybridized carbons (Fsp3) is 0.900. The number of nitrogens with one attached hydrogen (secondary N) is 1. The number of hydrogen-bond donors (Lipinski definition) is 2. The molecule has 0 radical (unpaired) electrons. The maximum atomic E-state index is 11.1. The molecule has 0 spiro atoms. The maximum absolute atomic E-state index is 11.1. The predicted molar refractivity (Wildman–Crippen MR) is 55.5 cm³/mol. The number of carbonyl (C=O) groups is 1. The van der Waals surface area contributed by atoms with Gasteiger partial charge in [0.05, 0.1) is 6.04 Å². The molecule has 1 rings (SSSR count). The highest BCUT2D eigenvalue weighted by Crippen LogP contribution is 2.25. The molecule has 1 unspecified atom stereocenters. The van der Waals surface area contributed by atoms with Gasteiger partial charge >= 0.3 is 6.09 Å². The monoisotopic (exact) mass is 200 g/mol. The second-order valence-electron chi connectivity index (χ2n) is 4.92. The standard InChI is InChI=1S/C10H20N2O2/c1-10(2,3)8-7-11-5-4-6-12(8)9(13)14/h8,11H,4-7H2,1-3H3,(H,13,14). The topological polar surface area (TPSA) is 52.6 Å². The van der Waals surface area contributed by atoms with Crippen LogP contribution in [0.3, 0.4) is 0 Å². The first-order chi connectivity index (χ1) is 6.43. The summed E-state index contributed by atoms with van der Waals surface area (Å²) >= 11 is 0. The highest BCUT2D eigenvalue weighted by Gasteiger charge is 2.33. The molecule has 1 saturated heterocycles. The minimum atomic E-state index is -0.798. The summed E-state index contributed by atoms with van der Waals surface area (Å²) in [7, 11) is 0. The summed E-state index contributed by atoms with van der Waals surface area (Å²) < 4.78 is 0. The molecule has 82 valence electrons. The van der Waals surface area contributed by atoms with Crippen molar-refractivity contribution in [3.63, 3.8) is 0 Å². The van der Waals surface area contributed by atoms with E-state index in [0.717, 1.165) is 19.5 Å². The molecular formula is C10H20N2O2. The van der Waals surface area contributed by atoms with Gasteiger partial charge in [-0.15, -0.1) is 0 Å². The second kappa shape index (κ2) is 4.17. The molecule has 2 N–H and O–H groups in total. The molecule has 4 nitrogen and oxygen atoms in total. The van der Waals surface area contributed by atoms with Crippen LogP contribution in [0.25, 0.3) is 0 Å². The van der Waals surface area contributed by atoms with E-state index < -0.39 is 6.09 Å². The maximum Gasteiger partial charge on any atom is 0.407 e. The minimum Gasteiger partial charge on any atom is -0.465 e. The summed E-state index contributed by atoms with van der Waals surface area (Å²) in [4.78, 5) is 12.6. The van der Waals surface area contributed by atoms with Gasteiger partial charge < -0.3 is 15.3 Å². The van der Waals surface area contributed by atoms with Crippen molar-refractivity contribution < 1.29 is 9.90 Å². The summed E-state index contributed by atoms with van der Waals surface area (Å²) in [6.45, 7) is 8.57. The largest absolute Gasteiger partial charge is 0.465 e. The lowest BCUT2D eigenvalue weighted by atomic mass is 9.86. The Morgan fingerprint density at radius 1 is 1.50 bits per heavy atom. The zero-order chi connectivity index (χ0) is 10.8. The molecule has 0 aromatic rings. The number of carboxylic acid groups (broad SMARTS) is 1. The summed E-state index contributed by atoms with van der Waals surface area (Å²) in [5.74, 6) is 0. The summed E-state index contributed by atoms with van der Waals surface area (Å²) in [6, 6.07) is 0.0718. The van der Waals surface area contributed by atoms with Crippen LogP contribution in [-0.4, -0.2) is 41.8 Å². The van der Waals surface area contributed by atoms with Crippen molar-refractivity contribution in [2.75, 3.05) is 19.6 Å². The molecule has 1 heterocycles. The first-order valence-electron chi connectivity index (χ1n) is 5.13. The van der Waals surface area contributed by atoms with Crippen molar-refractivity contribution in [2.24, 2.45) is 5.41 Å². The molecule has 1 fully saturated rings. The third kappa shape index (κ3) is 2.61. The van der Waals surface area contributed by atoms with Crippen LogP contribution in [0.4, 0.5) is 4.79 Å². The van der Waals surface area contributed by atoms with Crippen molar-refractivity contribution >= 4 is 6.09 Å². The van der Waals surface area contributed by atoms with Gasteiger partial charge in [0.25, 0.3) is 0 Å². The van der Waals surface area contributed by atoms with Gasteiger partial charge in [-0.3, -0.25) is 0 Å². The molecule has 0 aromatic heterocycles. The molecule has 4 heteroatoms. The zero-order valence-electron chi connectivity index (χ0n) is 9.21.